The lowest BCUT2D eigenvalue weighted by molar-refractivity contribution is 0.875. The molecule has 6 heterocycles. The van der Waals surface area contributed by atoms with Gasteiger partial charge in [0.05, 0.1) is 22.4 Å². The van der Waals surface area contributed by atoms with Crippen LogP contribution in [-0.4, -0.2) is 29.1 Å². The van der Waals surface area contributed by atoms with E-state index in [0.717, 1.165) is 68.1 Å². The zero-order valence-electron chi connectivity index (χ0n) is 30.2. The Hall–Kier alpha value is -7.44. The van der Waals surface area contributed by atoms with Gasteiger partial charge in [-0.25, -0.2) is 19.9 Å². The fourth-order valence-corrected chi connectivity index (χ4v) is 9.16. The van der Waals surface area contributed by atoms with Crippen molar-refractivity contribution in [3.8, 4) is 34.0 Å². The second kappa shape index (κ2) is 12.0. The first-order chi connectivity index (χ1) is 27.8. The van der Waals surface area contributed by atoms with E-state index in [4.69, 9.17) is 19.9 Å². The molecule has 0 saturated carbocycles. The maximum atomic E-state index is 5.29. The molecule has 2 aliphatic rings. The summed E-state index contributed by atoms with van der Waals surface area (Å²) in [7, 11) is 0. The van der Waals surface area contributed by atoms with Gasteiger partial charge in [-0.1, -0.05) is 97.1 Å². The smallest absolute Gasteiger partial charge is 0.146 e. The first kappa shape index (κ1) is 31.0. The molecule has 6 aromatic heterocycles. The van der Waals surface area contributed by atoms with Gasteiger partial charge in [0.2, 0.25) is 0 Å². The second-order valence-electron chi connectivity index (χ2n) is 14.6. The number of benzene rings is 4. The van der Waals surface area contributed by atoms with Crippen molar-refractivity contribution in [1.29, 1.82) is 0 Å². The van der Waals surface area contributed by atoms with E-state index in [1.807, 2.05) is 24.5 Å². The lowest BCUT2D eigenvalue weighted by atomic mass is 9.70. The van der Waals surface area contributed by atoms with Crippen LogP contribution in [0.5, 0.6) is 0 Å². The van der Waals surface area contributed by atoms with Crippen LogP contribution < -0.4 is 0 Å². The summed E-state index contributed by atoms with van der Waals surface area (Å²) in [5.74, 6) is 1.94. The molecule has 6 nitrogen and oxygen atoms in total. The van der Waals surface area contributed by atoms with Crippen LogP contribution in [0.15, 0.2) is 176 Å². The zero-order valence-corrected chi connectivity index (χ0v) is 30.2. The van der Waals surface area contributed by atoms with E-state index in [-0.39, 0.29) is 5.92 Å². The largest absolute Gasteiger partial charge is 0.278 e. The molecule has 12 rings (SSSR count). The van der Waals surface area contributed by atoms with Gasteiger partial charge in [0, 0.05) is 45.4 Å². The average molecular weight is 717 g/mol. The molecular formula is C50H32N6. The normalized spacial score (nSPS) is 14.8. The van der Waals surface area contributed by atoms with Crippen molar-refractivity contribution in [1.82, 2.24) is 29.1 Å². The molecule has 10 aromatic rings. The number of allylic oxidation sites excluding steroid dienone is 4. The molecule has 0 aliphatic heterocycles. The highest BCUT2D eigenvalue weighted by Crippen LogP contribution is 2.52. The monoisotopic (exact) mass is 716 g/mol. The van der Waals surface area contributed by atoms with Crippen molar-refractivity contribution in [2.75, 3.05) is 0 Å². The SMILES string of the molecule is C1=C(c2cccc(-n3c4ccccc4c4cccnc43)n2)CC2C(=C1)c1ccc(-c3cccc(-n4c5ccccc5c5cccnc54)n3)cc1-c1ccccc12. The summed E-state index contributed by atoms with van der Waals surface area (Å²) in [5, 5.41) is 4.60. The molecule has 56 heavy (non-hydrogen) atoms. The Kier molecular flexibility index (Phi) is 6.65. The van der Waals surface area contributed by atoms with Crippen LogP contribution in [0.25, 0.3) is 89.0 Å². The summed E-state index contributed by atoms with van der Waals surface area (Å²) in [6.45, 7) is 0. The van der Waals surface area contributed by atoms with E-state index in [0.29, 0.717) is 0 Å². The molecule has 2 aliphatic carbocycles. The second-order valence-corrected chi connectivity index (χ2v) is 14.6. The van der Waals surface area contributed by atoms with Crippen LogP contribution in [0.2, 0.25) is 0 Å². The van der Waals surface area contributed by atoms with Gasteiger partial charge in [-0.15, -0.1) is 0 Å². The summed E-state index contributed by atoms with van der Waals surface area (Å²) in [4.78, 5) is 20.1. The third kappa shape index (κ3) is 4.56. The van der Waals surface area contributed by atoms with Gasteiger partial charge >= 0.3 is 0 Å². The Morgan fingerprint density at radius 2 is 1.07 bits per heavy atom. The first-order valence-electron chi connectivity index (χ1n) is 19.1. The van der Waals surface area contributed by atoms with Crippen molar-refractivity contribution in [2.45, 2.75) is 12.3 Å². The number of rotatable bonds is 4. The summed E-state index contributed by atoms with van der Waals surface area (Å²) < 4.78 is 4.36. The maximum absolute atomic E-state index is 5.29. The molecule has 4 aromatic carbocycles. The van der Waals surface area contributed by atoms with Crippen LogP contribution in [0.4, 0.5) is 0 Å². The van der Waals surface area contributed by atoms with E-state index in [2.05, 4.69) is 161 Å². The molecule has 0 radical (unpaired) electrons. The predicted molar refractivity (Wildman–Crippen MR) is 227 cm³/mol. The topological polar surface area (TPSA) is 61.4 Å². The summed E-state index contributed by atoms with van der Waals surface area (Å²) in [5.41, 5.74) is 14.7. The predicted octanol–water partition coefficient (Wildman–Crippen LogP) is 11.8. The van der Waals surface area contributed by atoms with Gasteiger partial charge in [0.25, 0.3) is 0 Å². The minimum atomic E-state index is 0.217. The molecule has 0 bridgehead atoms. The van der Waals surface area contributed by atoms with Crippen LogP contribution in [0.3, 0.4) is 0 Å². The number of nitrogens with zero attached hydrogens (tertiary/aromatic N) is 6. The minimum absolute atomic E-state index is 0.217. The molecular weight excluding hydrogens is 685 g/mol. The number of pyridine rings is 4. The average Bonchev–Trinajstić information content (AvgIpc) is 3.79. The van der Waals surface area contributed by atoms with E-state index < -0.39 is 0 Å². The van der Waals surface area contributed by atoms with Crippen molar-refractivity contribution < 1.29 is 0 Å². The molecule has 1 atom stereocenters. The van der Waals surface area contributed by atoms with E-state index in [9.17, 15) is 0 Å². The molecule has 0 saturated heterocycles. The third-order valence-electron chi connectivity index (χ3n) is 11.6. The lowest BCUT2D eigenvalue weighted by Crippen LogP contribution is -2.14. The van der Waals surface area contributed by atoms with Crippen LogP contribution in [0.1, 0.15) is 29.2 Å². The summed E-state index contributed by atoms with van der Waals surface area (Å²) in [6, 6.07) is 53.6. The standard InChI is InChI=1S/C50H32N6/c1-2-12-34-33(11-1)41-29-31(43-17-7-21-47(53-43)55-45-19-5-3-13-37(45)39-15-9-27-51-49(39)55)23-25-35(41)36-26-24-32(30-42(34)36)44-18-8-22-48(54-44)56-46-20-6-4-14-38(46)40-16-10-28-52-50(40)56/h1-29,42H,30H2. The zero-order chi connectivity index (χ0) is 36.7. The fourth-order valence-electron chi connectivity index (χ4n) is 9.16. The molecule has 6 heteroatoms. The van der Waals surface area contributed by atoms with Crippen molar-refractivity contribution in [3.63, 3.8) is 0 Å². The summed E-state index contributed by atoms with van der Waals surface area (Å²) >= 11 is 0. The van der Waals surface area contributed by atoms with E-state index in [1.54, 1.807) is 0 Å². The van der Waals surface area contributed by atoms with Gasteiger partial charge in [-0.3, -0.25) is 9.13 Å². The highest BCUT2D eigenvalue weighted by molar-refractivity contribution is 6.08. The van der Waals surface area contributed by atoms with Crippen molar-refractivity contribution in [2.24, 2.45) is 0 Å². The highest BCUT2D eigenvalue weighted by atomic mass is 15.1. The molecule has 1 unspecified atom stereocenters. The van der Waals surface area contributed by atoms with E-state index in [1.165, 1.54) is 44.2 Å². The Bertz CT molecular complexity index is 3200. The Morgan fingerprint density at radius 1 is 0.464 bits per heavy atom. The van der Waals surface area contributed by atoms with Crippen LogP contribution in [0, 0.1) is 0 Å². The van der Waals surface area contributed by atoms with Gasteiger partial charge in [-0.2, -0.15) is 0 Å². The Labute approximate surface area is 322 Å². The number of hydrogen-bond donors (Lipinski definition) is 0. The van der Waals surface area contributed by atoms with Crippen LogP contribution in [-0.2, 0) is 0 Å². The van der Waals surface area contributed by atoms with Crippen LogP contribution >= 0.6 is 0 Å². The van der Waals surface area contributed by atoms with Gasteiger partial charge in [0.1, 0.15) is 22.9 Å². The lowest BCUT2D eigenvalue weighted by Gasteiger charge is -2.33. The van der Waals surface area contributed by atoms with Crippen molar-refractivity contribution >= 4 is 55.0 Å². The number of hydrogen-bond acceptors (Lipinski definition) is 4. The molecule has 0 N–H and O–H groups in total. The van der Waals surface area contributed by atoms with Gasteiger partial charge < -0.3 is 0 Å². The number of para-hydroxylation sites is 2. The molecule has 0 fully saturated rings. The Balaban J connectivity index is 0.947. The minimum Gasteiger partial charge on any atom is -0.278 e. The Morgan fingerprint density at radius 3 is 1.79 bits per heavy atom. The molecule has 0 spiro atoms. The quantitative estimate of drug-likeness (QED) is 0.182. The first-order valence-corrected chi connectivity index (χ1v) is 19.1. The highest BCUT2D eigenvalue weighted by Gasteiger charge is 2.32. The maximum Gasteiger partial charge on any atom is 0.146 e. The molecule has 0 amide bonds. The number of fused-ring (bicyclic) bond motifs is 12. The van der Waals surface area contributed by atoms with Gasteiger partial charge in [0.15, 0.2) is 0 Å². The number of aromatic nitrogens is 6. The van der Waals surface area contributed by atoms with Gasteiger partial charge in [-0.05, 0) is 107 Å². The fraction of sp³-hybridized carbons (Fsp3) is 0.0400. The summed E-state index contributed by atoms with van der Waals surface area (Å²) in [6.07, 6.45) is 9.17. The van der Waals surface area contributed by atoms with Crippen molar-refractivity contribution in [3.05, 3.63) is 193 Å². The molecule has 262 valence electrons. The van der Waals surface area contributed by atoms with E-state index >= 15 is 0 Å². The third-order valence-corrected chi connectivity index (χ3v) is 11.6.